The summed E-state index contributed by atoms with van der Waals surface area (Å²) in [5.74, 6) is 7.92. The van der Waals surface area contributed by atoms with E-state index < -0.39 is 0 Å². The Morgan fingerprint density at radius 2 is 1.36 bits per heavy atom. The molecule has 0 aliphatic rings. The van der Waals surface area contributed by atoms with Crippen LogP contribution in [0.3, 0.4) is 0 Å². The molecule has 0 spiro atoms. The molecule has 5 heteroatoms. The monoisotopic (exact) mass is 315 g/mol. The molecule has 0 saturated carbocycles. The highest BCUT2D eigenvalue weighted by molar-refractivity contribution is 7.97. The van der Waals surface area contributed by atoms with Crippen LogP contribution < -0.4 is 19.3 Å². The van der Waals surface area contributed by atoms with Gasteiger partial charge in [-0.3, -0.25) is 5.14 Å². The molecule has 0 heterocycles. The van der Waals surface area contributed by atoms with Gasteiger partial charge in [-0.1, -0.05) is 11.8 Å². The fraction of sp³-hybridized carbons (Fsp3) is 0.176. The molecule has 2 N–H and O–H groups in total. The van der Waals surface area contributed by atoms with Crippen molar-refractivity contribution in [2.45, 2.75) is 4.90 Å². The van der Waals surface area contributed by atoms with Crippen molar-refractivity contribution in [3.8, 4) is 29.1 Å². The maximum atomic E-state index is 5.50. The summed E-state index contributed by atoms with van der Waals surface area (Å²) in [5, 5.41) is 5.50. The Morgan fingerprint density at radius 1 is 0.818 bits per heavy atom. The van der Waals surface area contributed by atoms with Gasteiger partial charge in [-0.05, 0) is 48.3 Å². The maximum absolute atomic E-state index is 5.50. The van der Waals surface area contributed by atoms with Crippen LogP contribution in [0, 0.1) is 11.8 Å². The molecule has 0 bridgehead atoms. The van der Waals surface area contributed by atoms with Crippen LogP contribution in [-0.4, -0.2) is 21.3 Å². The smallest absolute Gasteiger partial charge is 0.203 e. The predicted molar refractivity (Wildman–Crippen MR) is 88.6 cm³/mol. The average molecular weight is 315 g/mol. The normalized spacial score (nSPS) is 9.64. The third-order valence-electron chi connectivity index (χ3n) is 3.01. The van der Waals surface area contributed by atoms with Crippen LogP contribution in [0.25, 0.3) is 0 Å². The van der Waals surface area contributed by atoms with Crippen molar-refractivity contribution in [2.24, 2.45) is 5.14 Å². The van der Waals surface area contributed by atoms with Crippen LogP contribution in [0.15, 0.2) is 41.3 Å². The lowest BCUT2D eigenvalue weighted by Crippen LogP contribution is -1.95. The van der Waals surface area contributed by atoms with E-state index >= 15 is 0 Å². The second-order valence-corrected chi connectivity index (χ2v) is 5.01. The van der Waals surface area contributed by atoms with Crippen molar-refractivity contribution < 1.29 is 14.2 Å². The van der Waals surface area contributed by atoms with Gasteiger partial charge in [0.1, 0.15) is 0 Å². The number of hydrogen-bond donors (Lipinski definition) is 1. The number of methoxy groups -OCH3 is 3. The maximum Gasteiger partial charge on any atom is 0.203 e. The standard InChI is InChI=1S/C17H17NO3S/c1-19-15-10-13(11-16(20-2)17(15)21-3)5-4-12-6-8-14(22-18)9-7-12/h6-11H,18H2,1-3H3. The Balaban J connectivity index is 2.35. The van der Waals surface area contributed by atoms with Gasteiger partial charge in [0.15, 0.2) is 11.5 Å². The van der Waals surface area contributed by atoms with Crippen LogP contribution in [0.1, 0.15) is 11.1 Å². The fourth-order valence-corrected chi connectivity index (χ4v) is 2.21. The van der Waals surface area contributed by atoms with Crippen molar-refractivity contribution in [2.75, 3.05) is 21.3 Å². The van der Waals surface area contributed by atoms with Gasteiger partial charge in [-0.2, -0.15) is 0 Å². The molecule has 2 aromatic rings. The number of ether oxygens (including phenoxy) is 3. The topological polar surface area (TPSA) is 53.7 Å². The van der Waals surface area contributed by atoms with E-state index in [0.717, 1.165) is 16.0 Å². The van der Waals surface area contributed by atoms with Crippen LogP contribution in [-0.2, 0) is 0 Å². The van der Waals surface area contributed by atoms with Crippen molar-refractivity contribution in [3.63, 3.8) is 0 Å². The minimum atomic E-state index is 0.555. The molecule has 0 atom stereocenters. The molecule has 114 valence electrons. The molecule has 0 unspecified atom stereocenters. The van der Waals surface area contributed by atoms with Crippen LogP contribution in [0.5, 0.6) is 17.2 Å². The molecule has 0 fully saturated rings. The number of nitrogens with two attached hydrogens (primary N) is 1. The van der Waals surface area contributed by atoms with Crippen LogP contribution in [0.2, 0.25) is 0 Å². The lowest BCUT2D eigenvalue weighted by Gasteiger charge is -2.12. The quantitative estimate of drug-likeness (QED) is 0.694. The number of rotatable bonds is 4. The fourth-order valence-electron chi connectivity index (χ4n) is 1.91. The molecule has 22 heavy (non-hydrogen) atoms. The molecule has 0 aliphatic carbocycles. The molecule has 2 aromatic carbocycles. The zero-order valence-electron chi connectivity index (χ0n) is 12.7. The van der Waals surface area contributed by atoms with Gasteiger partial charge >= 0.3 is 0 Å². The summed E-state index contributed by atoms with van der Waals surface area (Å²) in [6.45, 7) is 0. The second kappa shape index (κ2) is 7.64. The van der Waals surface area contributed by atoms with Gasteiger partial charge in [0.25, 0.3) is 0 Å². The molecular formula is C17H17NO3S. The molecule has 4 nitrogen and oxygen atoms in total. The molecule has 0 radical (unpaired) electrons. The summed E-state index contributed by atoms with van der Waals surface area (Å²) in [6, 6.07) is 11.4. The number of hydrogen-bond acceptors (Lipinski definition) is 5. The summed E-state index contributed by atoms with van der Waals surface area (Å²) >= 11 is 1.21. The van der Waals surface area contributed by atoms with E-state index in [-0.39, 0.29) is 0 Å². The van der Waals surface area contributed by atoms with Gasteiger partial charge in [0.2, 0.25) is 5.75 Å². The van der Waals surface area contributed by atoms with Crippen molar-refractivity contribution in [1.29, 1.82) is 0 Å². The molecule has 0 aliphatic heterocycles. The largest absolute Gasteiger partial charge is 0.493 e. The molecule has 2 rings (SSSR count). The van der Waals surface area contributed by atoms with Crippen molar-refractivity contribution in [3.05, 3.63) is 47.5 Å². The third-order valence-corrected chi connectivity index (χ3v) is 3.55. The Kier molecular flexibility index (Phi) is 5.59. The van der Waals surface area contributed by atoms with E-state index in [0.29, 0.717) is 17.2 Å². The first-order valence-electron chi connectivity index (χ1n) is 6.50. The second-order valence-electron chi connectivity index (χ2n) is 4.31. The first-order chi connectivity index (χ1) is 10.7. The number of benzene rings is 2. The first kappa shape index (κ1) is 16.1. The van der Waals surface area contributed by atoms with Gasteiger partial charge in [0, 0.05) is 16.0 Å². The van der Waals surface area contributed by atoms with Gasteiger partial charge < -0.3 is 14.2 Å². The SMILES string of the molecule is COc1cc(C#Cc2ccc(SN)cc2)cc(OC)c1OC. The third kappa shape index (κ3) is 3.67. The van der Waals surface area contributed by atoms with Gasteiger partial charge in [-0.15, -0.1) is 0 Å². The first-order valence-corrected chi connectivity index (χ1v) is 7.38. The van der Waals surface area contributed by atoms with E-state index in [4.69, 9.17) is 19.3 Å². The molecule has 0 amide bonds. The Bertz CT molecular complexity index is 677. The van der Waals surface area contributed by atoms with Gasteiger partial charge in [0.05, 0.1) is 21.3 Å². The lowest BCUT2D eigenvalue weighted by atomic mass is 10.1. The Labute approximate surface area is 134 Å². The minimum absolute atomic E-state index is 0.555. The highest BCUT2D eigenvalue weighted by Gasteiger charge is 2.12. The molecular weight excluding hydrogens is 298 g/mol. The Hall–Kier alpha value is -2.29. The summed E-state index contributed by atoms with van der Waals surface area (Å²) in [4.78, 5) is 0.998. The van der Waals surface area contributed by atoms with Crippen molar-refractivity contribution >= 4 is 11.9 Å². The molecule has 0 saturated heterocycles. The highest BCUT2D eigenvalue weighted by atomic mass is 32.2. The Morgan fingerprint density at radius 3 is 1.82 bits per heavy atom. The summed E-state index contributed by atoms with van der Waals surface area (Å²) in [5.41, 5.74) is 1.69. The van der Waals surface area contributed by atoms with Crippen LogP contribution in [0.4, 0.5) is 0 Å². The zero-order valence-corrected chi connectivity index (χ0v) is 13.5. The summed E-state index contributed by atoms with van der Waals surface area (Å²) in [7, 11) is 4.73. The van der Waals surface area contributed by atoms with E-state index in [2.05, 4.69) is 11.8 Å². The van der Waals surface area contributed by atoms with E-state index in [1.54, 1.807) is 21.3 Å². The predicted octanol–water partition coefficient (Wildman–Crippen LogP) is 3.08. The highest BCUT2D eigenvalue weighted by Crippen LogP contribution is 2.37. The minimum Gasteiger partial charge on any atom is -0.493 e. The zero-order chi connectivity index (χ0) is 15.9. The van der Waals surface area contributed by atoms with Crippen LogP contribution >= 0.6 is 11.9 Å². The van der Waals surface area contributed by atoms with Gasteiger partial charge in [-0.25, -0.2) is 0 Å². The average Bonchev–Trinajstić information content (AvgIpc) is 2.59. The van der Waals surface area contributed by atoms with E-state index in [1.807, 2.05) is 36.4 Å². The van der Waals surface area contributed by atoms with Crippen molar-refractivity contribution in [1.82, 2.24) is 0 Å². The van der Waals surface area contributed by atoms with E-state index in [1.165, 1.54) is 11.9 Å². The summed E-state index contributed by atoms with van der Waals surface area (Å²) in [6.07, 6.45) is 0. The molecule has 0 aromatic heterocycles. The summed E-state index contributed by atoms with van der Waals surface area (Å²) < 4.78 is 15.9. The lowest BCUT2D eigenvalue weighted by molar-refractivity contribution is 0.324. The van der Waals surface area contributed by atoms with E-state index in [9.17, 15) is 0 Å².